The first-order chi connectivity index (χ1) is 7.45. The lowest BCUT2D eigenvalue weighted by Gasteiger charge is -2.33. The maximum absolute atomic E-state index is 11.9. The second kappa shape index (κ2) is 5.09. The van der Waals surface area contributed by atoms with E-state index in [9.17, 15) is 14.4 Å². The number of carbonyl (C=O) groups excluding carboxylic acids is 3. The Balaban J connectivity index is 2.77. The second-order valence-electron chi connectivity index (χ2n) is 4.46. The van der Waals surface area contributed by atoms with E-state index in [0.29, 0.717) is 12.8 Å². The van der Waals surface area contributed by atoms with Crippen molar-refractivity contribution in [2.24, 2.45) is 5.92 Å². The van der Waals surface area contributed by atoms with Crippen molar-refractivity contribution in [1.82, 2.24) is 10.2 Å². The Morgan fingerprint density at radius 3 is 2.62 bits per heavy atom. The van der Waals surface area contributed by atoms with Gasteiger partial charge < -0.3 is 4.90 Å². The summed E-state index contributed by atoms with van der Waals surface area (Å²) in [6.45, 7) is 5.70. The minimum Gasteiger partial charge on any atom is -0.321 e. The number of carbonyl (C=O) groups is 3. The molecule has 0 bridgehead atoms. The largest absolute Gasteiger partial charge is 0.321 e. The average molecular weight is 226 g/mol. The summed E-state index contributed by atoms with van der Waals surface area (Å²) >= 11 is 0. The van der Waals surface area contributed by atoms with Gasteiger partial charge in [0.05, 0.1) is 0 Å². The molecule has 1 saturated heterocycles. The molecule has 0 spiro atoms. The van der Waals surface area contributed by atoms with Crippen LogP contribution in [0.25, 0.3) is 0 Å². The van der Waals surface area contributed by atoms with Crippen molar-refractivity contribution in [3.8, 4) is 0 Å². The second-order valence-corrected chi connectivity index (χ2v) is 4.46. The van der Waals surface area contributed by atoms with Crippen molar-refractivity contribution in [2.45, 2.75) is 39.7 Å². The van der Waals surface area contributed by atoms with Crippen molar-refractivity contribution in [1.29, 1.82) is 0 Å². The smallest absolute Gasteiger partial charge is 0.249 e. The standard InChI is InChI=1S/C11H18N2O3/c1-4-8-11(16)12-9(14)6-13(8)10(15)5-7(2)3/h7-8H,4-6H2,1-3H3,(H,12,14,16). The summed E-state index contributed by atoms with van der Waals surface area (Å²) in [5.41, 5.74) is 0. The molecule has 1 N–H and O–H groups in total. The maximum Gasteiger partial charge on any atom is 0.249 e. The predicted molar refractivity (Wildman–Crippen MR) is 58.4 cm³/mol. The van der Waals surface area contributed by atoms with Gasteiger partial charge in [0.2, 0.25) is 17.7 Å². The van der Waals surface area contributed by atoms with Crippen LogP contribution in [0.5, 0.6) is 0 Å². The van der Waals surface area contributed by atoms with Gasteiger partial charge in [0.15, 0.2) is 0 Å². The van der Waals surface area contributed by atoms with E-state index in [1.165, 1.54) is 4.90 Å². The van der Waals surface area contributed by atoms with Crippen LogP contribution >= 0.6 is 0 Å². The lowest BCUT2D eigenvalue weighted by molar-refractivity contribution is -0.150. The minimum absolute atomic E-state index is 0.00417. The molecule has 1 fully saturated rings. The van der Waals surface area contributed by atoms with E-state index in [4.69, 9.17) is 0 Å². The van der Waals surface area contributed by atoms with Crippen molar-refractivity contribution in [3.05, 3.63) is 0 Å². The van der Waals surface area contributed by atoms with Gasteiger partial charge >= 0.3 is 0 Å². The zero-order valence-corrected chi connectivity index (χ0v) is 9.95. The predicted octanol–water partition coefficient (Wildman–Crippen LogP) is 0.296. The molecule has 90 valence electrons. The fraction of sp³-hybridized carbons (Fsp3) is 0.727. The molecule has 1 aliphatic rings. The van der Waals surface area contributed by atoms with E-state index < -0.39 is 11.9 Å². The Bertz CT molecular complexity index is 312. The molecule has 1 rings (SSSR count). The summed E-state index contributed by atoms with van der Waals surface area (Å²) in [6.07, 6.45) is 0.903. The van der Waals surface area contributed by atoms with Gasteiger partial charge in [-0.25, -0.2) is 0 Å². The van der Waals surface area contributed by atoms with Gasteiger partial charge in [-0.15, -0.1) is 0 Å². The van der Waals surface area contributed by atoms with Crippen LogP contribution in [0.2, 0.25) is 0 Å². The maximum atomic E-state index is 11.9. The molecule has 0 aromatic carbocycles. The highest BCUT2D eigenvalue weighted by Crippen LogP contribution is 2.13. The molecular weight excluding hydrogens is 208 g/mol. The molecule has 1 heterocycles. The third-order valence-corrected chi connectivity index (χ3v) is 2.55. The van der Waals surface area contributed by atoms with Crippen LogP contribution < -0.4 is 5.32 Å². The highest BCUT2D eigenvalue weighted by Gasteiger charge is 2.35. The molecule has 0 radical (unpaired) electrons. The van der Waals surface area contributed by atoms with Gasteiger partial charge in [-0.2, -0.15) is 0 Å². The topological polar surface area (TPSA) is 66.5 Å². The van der Waals surface area contributed by atoms with E-state index in [2.05, 4.69) is 5.32 Å². The number of nitrogens with zero attached hydrogens (tertiary/aromatic N) is 1. The normalized spacial score (nSPS) is 21.2. The number of hydrogen-bond acceptors (Lipinski definition) is 3. The number of hydrogen-bond donors (Lipinski definition) is 1. The Kier molecular flexibility index (Phi) is 4.04. The Hall–Kier alpha value is -1.39. The van der Waals surface area contributed by atoms with Crippen LogP contribution in [-0.2, 0) is 14.4 Å². The molecule has 5 heteroatoms. The average Bonchev–Trinajstić information content (AvgIpc) is 2.15. The number of piperazine rings is 1. The third-order valence-electron chi connectivity index (χ3n) is 2.55. The first-order valence-electron chi connectivity index (χ1n) is 5.58. The zero-order valence-electron chi connectivity index (χ0n) is 9.95. The van der Waals surface area contributed by atoms with Crippen molar-refractivity contribution < 1.29 is 14.4 Å². The number of imide groups is 1. The highest BCUT2D eigenvalue weighted by molar-refractivity contribution is 6.04. The fourth-order valence-corrected chi connectivity index (χ4v) is 1.80. The molecule has 0 aliphatic carbocycles. The molecule has 3 amide bonds. The molecule has 5 nitrogen and oxygen atoms in total. The first kappa shape index (κ1) is 12.7. The molecule has 1 aliphatic heterocycles. The molecule has 16 heavy (non-hydrogen) atoms. The SMILES string of the molecule is CCC1C(=O)NC(=O)CN1C(=O)CC(C)C. The van der Waals surface area contributed by atoms with E-state index in [1.54, 1.807) is 0 Å². The van der Waals surface area contributed by atoms with Crippen LogP contribution in [0.15, 0.2) is 0 Å². The summed E-state index contributed by atoms with van der Waals surface area (Å²) in [5.74, 6) is -0.655. The third kappa shape index (κ3) is 2.81. The van der Waals surface area contributed by atoms with Crippen LogP contribution in [0.3, 0.4) is 0 Å². The van der Waals surface area contributed by atoms with E-state index in [1.807, 2.05) is 20.8 Å². The van der Waals surface area contributed by atoms with Gasteiger partial charge in [0.1, 0.15) is 12.6 Å². The number of rotatable bonds is 3. The summed E-state index contributed by atoms with van der Waals surface area (Å²) in [6, 6.07) is -0.496. The quantitative estimate of drug-likeness (QED) is 0.704. The van der Waals surface area contributed by atoms with Crippen LogP contribution in [0, 0.1) is 5.92 Å². The van der Waals surface area contributed by atoms with Gasteiger partial charge in [0, 0.05) is 6.42 Å². The minimum atomic E-state index is -0.496. The van der Waals surface area contributed by atoms with Crippen LogP contribution in [0.1, 0.15) is 33.6 Å². The Labute approximate surface area is 95.2 Å². The Morgan fingerprint density at radius 1 is 1.50 bits per heavy atom. The molecule has 1 atom stereocenters. The summed E-state index contributed by atoms with van der Waals surface area (Å²) in [5, 5.41) is 2.25. The number of amides is 3. The summed E-state index contributed by atoms with van der Waals surface area (Å²) in [7, 11) is 0. The fourth-order valence-electron chi connectivity index (χ4n) is 1.80. The van der Waals surface area contributed by atoms with Gasteiger partial charge in [0.25, 0.3) is 0 Å². The summed E-state index contributed by atoms with van der Waals surface area (Å²) in [4.78, 5) is 36.0. The van der Waals surface area contributed by atoms with Gasteiger partial charge in [-0.05, 0) is 12.3 Å². The van der Waals surface area contributed by atoms with Gasteiger partial charge in [-0.3, -0.25) is 19.7 Å². The molecule has 0 saturated carbocycles. The zero-order chi connectivity index (χ0) is 12.3. The first-order valence-corrected chi connectivity index (χ1v) is 5.58. The molecule has 0 aromatic rings. The van der Waals surface area contributed by atoms with E-state index in [0.717, 1.165) is 0 Å². The number of nitrogens with one attached hydrogen (secondary N) is 1. The van der Waals surface area contributed by atoms with E-state index in [-0.39, 0.29) is 24.3 Å². The van der Waals surface area contributed by atoms with Crippen molar-refractivity contribution in [2.75, 3.05) is 6.54 Å². The molecule has 0 aromatic heterocycles. The lowest BCUT2D eigenvalue weighted by atomic mass is 10.1. The summed E-state index contributed by atoms with van der Waals surface area (Å²) < 4.78 is 0. The highest BCUT2D eigenvalue weighted by atomic mass is 16.2. The van der Waals surface area contributed by atoms with Crippen LogP contribution in [0.4, 0.5) is 0 Å². The van der Waals surface area contributed by atoms with Gasteiger partial charge in [-0.1, -0.05) is 20.8 Å². The van der Waals surface area contributed by atoms with Crippen molar-refractivity contribution in [3.63, 3.8) is 0 Å². The monoisotopic (exact) mass is 226 g/mol. The molecular formula is C11H18N2O3. The Morgan fingerprint density at radius 2 is 2.12 bits per heavy atom. The van der Waals surface area contributed by atoms with Crippen molar-refractivity contribution >= 4 is 17.7 Å². The lowest BCUT2D eigenvalue weighted by Crippen LogP contribution is -2.59. The van der Waals surface area contributed by atoms with E-state index >= 15 is 0 Å². The molecule has 1 unspecified atom stereocenters. The van der Waals surface area contributed by atoms with Crippen LogP contribution in [-0.4, -0.2) is 35.2 Å².